The number of carboxylic acid groups (broad SMARTS) is 1. The summed E-state index contributed by atoms with van der Waals surface area (Å²) in [7, 11) is 0. The summed E-state index contributed by atoms with van der Waals surface area (Å²) in [6.45, 7) is 4.80. The fraction of sp³-hybridized carbons (Fsp3) is 0.200. The molecule has 0 bridgehead atoms. The topological polar surface area (TPSA) is 70.4 Å². The second-order valence-electron chi connectivity index (χ2n) is 2.50. The van der Waals surface area contributed by atoms with Gasteiger partial charge in [-0.05, 0) is 24.6 Å². The summed E-state index contributed by atoms with van der Waals surface area (Å²) in [5, 5.41) is 15.8. The zero-order chi connectivity index (χ0) is 11.0. The number of carboxylic acids is 1. The standard InChI is InChI=1S/C7H7N.C3H6O3/c1-2-7-3-5-8-6-4-7;1-2(4)3(5)6/h2-6H,1H2;2,4H,1H3,(H,5,6). The normalized spacial score (nSPS) is 10.7. The molecule has 0 radical (unpaired) electrons. The number of hydrogen-bond acceptors (Lipinski definition) is 3. The van der Waals surface area contributed by atoms with E-state index in [4.69, 9.17) is 10.2 Å². The van der Waals surface area contributed by atoms with E-state index < -0.39 is 12.1 Å². The number of pyridine rings is 1. The van der Waals surface area contributed by atoms with E-state index in [0.717, 1.165) is 5.56 Å². The van der Waals surface area contributed by atoms with Gasteiger partial charge in [0.25, 0.3) is 0 Å². The number of aliphatic hydroxyl groups is 1. The van der Waals surface area contributed by atoms with Gasteiger partial charge in [0.15, 0.2) is 0 Å². The summed E-state index contributed by atoms with van der Waals surface area (Å²) < 4.78 is 0. The first kappa shape index (κ1) is 12.3. The van der Waals surface area contributed by atoms with Crippen molar-refractivity contribution in [2.45, 2.75) is 13.0 Å². The Morgan fingerprint density at radius 1 is 1.57 bits per heavy atom. The van der Waals surface area contributed by atoms with E-state index in [1.54, 1.807) is 18.5 Å². The van der Waals surface area contributed by atoms with Gasteiger partial charge in [0.2, 0.25) is 0 Å². The van der Waals surface area contributed by atoms with Crippen LogP contribution in [0.2, 0.25) is 0 Å². The van der Waals surface area contributed by atoms with Gasteiger partial charge >= 0.3 is 5.97 Å². The maximum Gasteiger partial charge on any atom is 0.332 e. The van der Waals surface area contributed by atoms with E-state index in [-0.39, 0.29) is 0 Å². The zero-order valence-electron chi connectivity index (χ0n) is 7.92. The summed E-state index contributed by atoms with van der Waals surface area (Å²) >= 11 is 0. The maximum atomic E-state index is 9.45. The number of aliphatic carboxylic acids is 1. The fourth-order valence-electron chi connectivity index (χ4n) is 0.500. The Balaban J connectivity index is 0.000000255. The molecule has 0 aliphatic rings. The van der Waals surface area contributed by atoms with E-state index in [1.807, 2.05) is 12.1 Å². The molecular weight excluding hydrogens is 182 g/mol. The summed E-state index contributed by atoms with van der Waals surface area (Å²) in [6, 6.07) is 3.82. The van der Waals surface area contributed by atoms with Crippen LogP contribution in [-0.2, 0) is 4.79 Å². The molecule has 1 aromatic heterocycles. The lowest BCUT2D eigenvalue weighted by atomic mass is 10.3. The minimum absolute atomic E-state index is 1.11. The quantitative estimate of drug-likeness (QED) is 0.743. The molecule has 1 aromatic rings. The molecule has 2 N–H and O–H groups in total. The van der Waals surface area contributed by atoms with Crippen molar-refractivity contribution in [3.63, 3.8) is 0 Å². The molecule has 0 aromatic carbocycles. The van der Waals surface area contributed by atoms with Gasteiger partial charge in [0, 0.05) is 12.4 Å². The Kier molecular flexibility index (Phi) is 5.98. The van der Waals surface area contributed by atoms with Crippen LogP contribution in [0.5, 0.6) is 0 Å². The molecule has 1 rings (SSSR count). The first-order valence-corrected chi connectivity index (χ1v) is 4.01. The minimum Gasteiger partial charge on any atom is -0.479 e. The Morgan fingerprint density at radius 3 is 2.21 bits per heavy atom. The van der Waals surface area contributed by atoms with Crippen molar-refractivity contribution in [3.05, 3.63) is 36.7 Å². The Morgan fingerprint density at radius 2 is 2.00 bits per heavy atom. The van der Waals surface area contributed by atoms with Gasteiger partial charge < -0.3 is 10.2 Å². The van der Waals surface area contributed by atoms with Crippen LogP contribution in [0, 0.1) is 0 Å². The lowest BCUT2D eigenvalue weighted by Gasteiger charge is -1.89. The number of aliphatic hydroxyl groups excluding tert-OH is 1. The lowest BCUT2D eigenvalue weighted by Crippen LogP contribution is -2.13. The third kappa shape index (κ3) is 5.91. The van der Waals surface area contributed by atoms with Gasteiger partial charge in [-0.1, -0.05) is 12.7 Å². The largest absolute Gasteiger partial charge is 0.479 e. The molecule has 0 saturated carbocycles. The molecule has 76 valence electrons. The van der Waals surface area contributed by atoms with Crippen LogP contribution in [0.25, 0.3) is 6.08 Å². The van der Waals surface area contributed by atoms with Crippen molar-refractivity contribution in [1.82, 2.24) is 4.98 Å². The van der Waals surface area contributed by atoms with Crippen molar-refractivity contribution in [1.29, 1.82) is 0 Å². The molecule has 0 aliphatic heterocycles. The van der Waals surface area contributed by atoms with Gasteiger partial charge in [-0.3, -0.25) is 4.98 Å². The summed E-state index contributed by atoms with van der Waals surface area (Å²) in [4.78, 5) is 13.3. The van der Waals surface area contributed by atoms with Crippen molar-refractivity contribution in [3.8, 4) is 0 Å². The smallest absolute Gasteiger partial charge is 0.332 e. The van der Waals surface area contributed by atoms with Gasteiger partial charge in [0.05, 0.1) is 0 Å². The molecule has 1 heterocycles. The van der Waals surface area contributed by atoms with Gasteiger partial charge in [-0.15, -0.1) is 0 Å². The van der Waals surface area contributed by atoms with Crippen LogP contribution < -0.4 is 0 Å². The molecule has 0 saturated heterocycles. The van der Waals surface area contributed by atoms with Gasteiger partial charge in [0.1, 0.15) is 6.10 Å². The number of carbonyl (C=O) groups is 1. The highest BCUT2D eigenvalue weighted by Crippen LogP contribution is 1.94. The molecule has 1 atom stereocenters. The molecule has 4 heteroatoms. The average molecular weight is 195 g/mol. The van der Waals surface area contributed by atoms with E-state index in [1.165, 1.54) is 6.92 Å². The van der Waals surface area contributed by atoms with Crippen molar-refractivity contribution < 1.29 is 15.0 Å². The van der Waals surface area contributed by atoms with E-state index in [0.29, 0.717) is 0 Å². The first-order valence-electron chi connectivity index (χ1n) is 4.01. The minimum atomic E-state index is -1.23. The number of nitrogens with zero attached hydrogens (tertiary/aromatic N) is 1. The maximum absolute atomic E-state index is 9.45. The molecule has 14 heavy (non-hydrogen) atoms. The monoisotopic (exact) mass is 195 g/mol. The van der Waals surface area contributed by atoms with E-state index in [9.17, 15) is 4.79 Å². The molecule has 1 unspecified atom stereocenters. The highest BCUT2D eigenvalue weighted by Gasteiger charge is 2.01. The second kappa shape index (κ2) is 6.80. The molecule has 0 amide bonds. The second-order valence-corrected chi connectivity index (χ2v) is 2.50. The summed E-state index contributed by atoms with van der Waals surface area (Å²) in [5.74, 6) is -1.19. The van der Waals surface area contributed by atoms with E-state index >= 15 is 0 Å². The SMILES string of the molecule is C=Cc1ccncc1.CC(O)C(=O)O. The molecular formula is C10H13NO3. The average Bonchev–Trinajstić information content (AvgIpc) is 2.20. The van der Waals surface area contributed by atoms with Crippen molar-refractivity contribution in [2.24, 2.45) is 0 Å². The highest BCUT2D eigenvalue weighted by molar-refractivity contribution is 5.71. The van der Waals surface area contributed by atoms with Crippen molar-refractivity contribution >= 4 is 12.0 Å². The van der Waals surface area contributed by atoms with Crippen LogP contribution in [0.4, 0.5) is 0 Å². The zero-order valence-corrected chi connectivity index (χ0v) is 7.92. The Labute approximate surface area is 82.5 Å². The predicted octanol–water partition coefficient (Wildman–Crippen LogP) is 1.18. The number of hydrogen-bond donors (Lipinski definition) is 2. The highest BCUT2D eigenvalue weighted by atomic mass is 16.4. The molecule has 0 spiro atoms. The van der Waals surface area contributed by atoms with Crippen LogP contribution in [0.3, 0.4) is 0 Å². The fourth-order valence-corrected chi connectivity index (χ4v) is 0.500. The molecule has 4 nitrogen and oxygen atoms in total. The third-order valence-corrected chi connectivity index (χ3v) is 1.30. The molecule has 0 fully saturated rings. The number of rotatable bonds is 2. The molecule has 0 aliphatic carbocycles. The number of aromatic nitrogens is 1. The van der Waals surface area contributed by atoms with Crippen LogP contribution >= 0.6 is 0 Å². The first-order chi connectivity index (χ1) is 6.57. The Hall–Kier alpha value is -1.68. The van der Waals surface area contributed by atoms with Gasteiger partial charge in [-0.2, -0.15) is 0 Å². The predicted molar refractivity (Wildman–Crippen MR) is 53.6 cm³/mol. The summed E-state index contributed by atoms with van der Waals surface area (Å²) in [6.07, 6.45) is 4.06. The van der Waals surface area contributed by atoms with Crippen LogP contribution in [0.1, 0.15) is 12.5 Å². The van der Waals surface area contributed by atoms with E-state index in [2.05, 4.69) is 11.6 Å². The summed E-state index contributed by atoms with van der Waals surface area (Å²) in [5.41, 5.74) is 1.11. The van der Waals surface area contributed by atoms with Crippen molar-refractivity contribution in [2.75, 3.05) is 0 Å². The lowest BCUT2D eigenvalue weighted by molar-refractivity contribution is -0.145. The van der Waals surface area contributed by atoms with Crippen LogP contribution in [-0.4, -0.2) is 27.3 Å². The third-order valence-electron chi connectivity index (χ3n) is 1.30. The van der Waals surface area contributed by atoms with Gasteiger partial charge in [-0.25, -0.2) is 4.79 Å². The Bertz CT molecular complexity index is 283. The van der Waals surface area contributed by atoms with Crippen LogP contribution in [0.15, 0.2) is 31.1 Å².